The highest BCUT2D eigenvalue weighted by Crippen LogP contribution is 2.07. The molecule has 0 unspecified atom stereocenters. The topological polar surface area (TPSA) is 73.9 Å². The molecule has 0 aliphatic heterocycles. The number of aromatic amines is 1. The van der Waals surface area contributed by atoms with Gasteiger partial charge in [-0.1, -0.05) is 13.8 Å². The van der Waals surface area contributed by atoms with Crippen LogP contribution in [-0.4, -0.2) is 46.0 Å². The van der Waals surface area contributed by atoms with Gasteiger partial charge in [-0.25, -0.2) is 4.98 Å². The van der Waals surface area contributed by atoms with Crippen LogP contribution in [0.3, 0.4) is 0 Å². The number of hydrogen-bond donors (Lipinski definition) is 2. The summed E-state index contributed by atoms with van der Waals surface area (Å²) in [5.74, 6) is 0.555. The molecule has 108 valence electrons. The Kier molecular flexibility index (Phi) is 5.06. The van der Waals surface area contributed by atoms with Crippen molar-refractivity contribution in [3.63, 3.8) is 0 Å². The zero-order chi connectivity index (χ0) is 14.4. The van der Waals surface area contributed by atoms with E-state index in [2.05, 4.69) is 39.0 Å². The lowest BCUT2D eigenvalue weighted by atomic mass is 10.3. The van der Waals surface area contributed by atoms with Crippen molar-refractivity contribution in [3.8, 4) is 0 Å². The maximum atomic E-state index is 11.3. The average Bonchev–Trinajstić information content (AvgIpc) is 2.47. The Morgan fingerprint density at radius 3 is 2.85 bits per heavy atom. The first kappa shape index (κ1) is 14.5. The van der Waals surface area contributed by atoms with E-state index in [1.54, 1.807) is 12.3 Å². The van der Waals surface area contributed by atoms with Crippen LogP contribution in [-0.2, 0) is 0 Å². The summed E-state index contributed by atoms with van der Waals surface area (Å²) >= 11 is 0. The van der Waals surface area contributed by atoms with E-state index in [1.807, 2.05) is 0 Å². The maximum absolute atomic E-state index is 11.3. The molecule has 20 heavy (non-hydrogen) atoms. The van der Waals surface area contributed by atoms with Crippen molar-refractivity contribution >= 4 is 17.0 Å². The molecule has 0 aliphatic carbocycles. The minimum absolute atomic E-state index is 0.149. The molecule has 0 fully saturated rings. The van der Waals surface area contributed by atoms with E-state index in [-0.39, 0.29) is 5.56 Å². The molecule has 2 aromatic rings. The normalized spacial score (nSPS) is 11.2. The smallest absolute Gasteiger partial charge is 0.249 e. The molecule has 0 saturated carbocycles. The Hall–Kier alpha value is -1.95. The van der Waals surface area contributed by atoms with Gasteiger partial charge in [-0.05, 0) is 32.1 Å². The number of aromatic nitrogens is 3. The maximum Gasteiger partial charge on any atom is 0.249 e. The van der Waals surface area contributed by atoms with Gasteiger partial charge in [-0.2, -0.15) is 4.98 Å². The van der Waals surface area contributed by atoms with E-state index in [4.69, 9.17) is 0 Å². The summed E-state index contributed by atoms with van der Waals surface area (Å²) in [5.41, 5.74) is 0.419. The van der Waals surface area contributed by atoms with E-state index >= 15 is 0 Å². The highest BCUT2D eigenvalue weighted by Gasteiger charge is 2.01. The van der Waals surface area contributed by atoms with Gasteiger partial charge in [0.1, 0.15) is 5.65 Å². The highest BCUT2D eigenvalue weighted by molar-refractivity contribution is 5.74. The van der Waals surface area contributed by atoms with E-state index in [9.17, 15) is 4.79 Å². The second-order valence-corrected chi connectivity index (χ2v) is 4.63. The summed E-state index contributed by atoms with van der Waals surface area (Å²) in [6.45, 7) is 8.36. The van der Waals surface area contributed by atoms with E-state index in [1.165, 1.54) is 6.07 Å². The van der Waals surface area contributed by atoms with Gasteiger partial charge in [-0.15, -0.1) is 0 Å². The molecular formula is C14H21N5O. The second-order valence-electron chi connectivity index (χ2n) is 4.63. The first-order chi connectivity index (χ1) is 9.72. The molecule has 0 radical (unpaired) electrons. The Labute approximate surface area is 118 Å². The van der Waals surface area contributed by atoms with Gasteiger partial charge in [0.25, 0.3) is 0 Å². The lowest BCUT2D eigenvalue weighted by molar-refractivity contribution is 0.303. The minimum atomic E-state index is -0.149. The van der Waals surface area contributed by atoms with Gasteiger partial charge >= 0.3 is 0 Å². The van der Waals surface area contributed by atoms with E-state index in [0.29, 0.717) is 11.6 Å². The average molecular weight is 275 g/mol. The summed E-state index contributed by atoms with van der Waals surface area (Å²) in [5, 5.41) is 4.02. The number of nitrogens with one attached hydrogen (secondary N) is 2. The molecule has 0 spiro atoms. The van der Waals surface area contributed by atoms with E-state index in [0.717, 1.165) is 38.0 Å². The van der Waals surface area contributed by atoms with Crippen LogP contribution in [0.15, 0.2) is 23.1 Å². The number of fused-ring (bicyclic) bond motifs is 1. The number of H-pyrrole nitrogens is 1. The molecule has 0 saturated heterocycles. The molecule has 6 heteroatoms. The summed E-state index contributed by atoms with van der Waals surface area (Å²) < 4.78 is 0. The Morgan fingerprint density at radius 1 is 1.30 bits per heavy atom. The third-order valence-electron chi connectivity index (χ3n) is 3.30. The van der Waals surface area contributed by atoms with Crippen LogP contribution in [0, 0.1) is 0 Å². The number of nitrogens with zero attached hydrogens (tertiary/aromatic N) is 3. The molecule has 0 aliphatic rings. The third-order valence-corrected chi connectivity index (χ3v) is 3.30. The monoisotopic (exact) mass is 275 g/mol. The molecule has 0 aromatic carbocycles. The van der Waals surface area contributed by atoms with Crippen molar-refractivity contribution in [2.45, 2.75) is 20.3 Å². The van der Waals surface area contributed by atoms with Gasteiger partial charge in [-0.3, -0.25) is 4.79 Å². The first-order valence-corrected chi connectivity index (χ1v) is 7.05. The van der Waals surface area contributed by atoms with Crippen molar-refractivity contribution in [2.75, 3.05) is 31.5 Å². The van der Waals surface area contributed by atoms with Crippen LogP contribution in [0.5, 0.6) is 0 Å². The van der Waals surface area contributed by atoms with Gasteiger partial charge in [0, 0.05) is 24.2 Å². The molecule has 2 heterocycles. The summed E-state index contributed by atoms with van der Waals surface area (Å²) in [4.78, 5) is 24.9. The minimum Gasteiger partial charge on any atom is -0.354 e. The Bertz CT molecular complexity index is 606. The van der Waals surface area contributed by atoms with Crippen molar-refractivity contribution in [2.24, 2.45) is 0 Å². The number of rotatable bonds is 7. The van der Waals surface area contributed by atoms with Gasteiger partial charge < -0.3 is 15.2 Å². The highest BCUT2D eigenvalue weighted by atomic mass is 16.1. The predicted octanol–water partition coefficient (Wildman–Crippen LogP) is 1.46. The van der Waals surface area contributed by atoms with Crippen molar-refractivity contribution in [1.82, 2.24) is 19.9 Å². The quantitative estimate of drug-likeness (QED) is 0.748. The standard InChI is InChI=1S/C14H21N5O/c1-3-19(4-2)9-5-8-15-14-16-10-11-6-7-12(20)17-13(11)18-14/h6-7,10H,3-5,8-9H2,1-2H3,(H2,15,16,17,18,20). The number of pyridine rings is 1. The van der Waals surface area contributed by atoms with Crippen molar-refractivity contribution < 1.29 is 0 Å². The Balaban J connectivity index is 1.91. The molecule has 0 atom stereocenters. The van der Waals surface area contributed by atoms with Crippen LogP contribution in [0.2, 0.25) is 0 Å². The zero-order valence-corrected chi connectivity index (χ0v) is 12.0. The predicted molar refractivity (Wildman–Crippen MR) is 81.1 cm³/mol. The molecule has 2 rings (SSSR count). The number of anilines is 1. The molecule has 2 N–H and O–H groups in total. The fraction of sp³-hybridized carbons (Fsp3) is 0.500. The first-order valence-electron chi connectivity index (χ1n) is 7.05. The van der Waals surface area contributed by atoms with Gasteiger partial charge in [0.2, 0.25) is 11.5 Å². The van der Waals surface area contributed by atoms with Gasteiger partial charge in [0.05, 0.1) is 0 Å². The summed E-state index contributed by atoms with van der Waals surface area (Å²) in [6.07, 6.45) is 2.75. The lowest BCUT2D eigenvalue weighted by Gasteiger charge is -2.17. The van der Waals surface area contributed by atoms with Crippen molar-refractivity contribution in [3.05, 3.63) is 28.7 Å². The zero-order valence-electron chi connectivity index (χ0n) is 12.0. The van der Waals surface area contributed by atoms with Crippen LogP contribution in [0.25, 0.3) is 11.0 Å². The van der Waals surface area contributed by atoms with Gasteiger partial charge in [0.15, 0.2) is 0 Å². The fourth-order valence-electron chi connectivity index (χ4n) is 2.06. The van der Waals surface area contributed by atoms with Crippen LogP contribution in [0.4, 0.5) is 5.95 Å². The van der Waals surface area contributed by atoms with Crippen LogP contribution in [0.1, 0.15) is 20.3 Å². The molecule has 2 aromatic heterocycles. The fourth-order valence-corrected chi connectivity index (χ4v) is 2.06. The summed E-state index contributed by atoms with van der Waals surface area (Å²) in [7, 11) is 0. The van der Waals surface area contributed by atoms with E-state index < -0.39 is 0 Å². The summed E-state index contributed by atoms with van der Waals surface area (Å²) in [6, 6.07) is 3.20. The third kappa shape index (κ3) is 3.77. The molecule has 0 amide bonds. The second kappa shape index (κ2) is 7.00. The van der Waals surface area contributed by atoms with Crippen LogP contribution >= 0.6 is 0 Å². The SMILES string of the molecule is CCN(CC)CCCNc1ncc2ccc(=O)[nH]c2n1. The van der Waals surface area contributed by atoms with Crippen LogP contribution < -0.4 is 10.9 Å². The number of hydrogen-bond acceptors (Lipinski definition) is 5. The Morgan fingerprint density at radius 2 is 2.10 bits per heavy atom. The molecule has 6 nitrogen and oxygen atoms in total. The largest absolute Gasteiger partial charge is 0.354 e. The van der Waals surface area contributed by atoms with Crippen molar-refractivity contribution in [1.29, 1.82) is 0 Å². The lowest BCUT2D eigenvalue weighted by Crippen LogP contribution is -2.25. The molecule has 0 bridgehead atoms. The molecular weight excluding hydrogens is 254 g/mol.